The summed E-state index contributed by atoms with van der Waals surface area (Å²) in [7, 11) is 1.34. The number of esters is 1. The molecule has 0 radical (unpaired) electrons. The molecule has 1 aliphatic rings. The highest BCUT2D eigenvalue weighted by Crippen LogP contribution is 2.32. The van der Waals surface area contributed by atoms with Gasteiger partial charge in [-0.25, -0.2) is 4.79 Å². The zero-order valence-corrected chi connectivity index (χ0v) is 18.1. The maximum atomic E-state index is 12.6. The summed E-state index contributed by atoms with van der Waals surface area (Å²) in [5.41, 5.74) is 2.20. The molecule has 0 saturated carbocycles. The van der Waals surface area contributed by atoms with E-state index in [1.54, 1.807) is 24.3 Å². The molecule has 1 aliphatic heterocycles. The average molecular weight is 510 g/mol. The second kappa shape index (κ2) is 8.85. The van der Waals surface area contributed by atoms with Crippen LogP contribution in [0.25, 0.3) is 6.08 Å². The second-order valence-corrected chi connectivity index (χ2v) is 8.49. The van der Waals surface area contributed by atoms with Crippen molar-refractivity contribution in [2.75, 3.05) is 19.1 Å². The summed E-state index contributed by atoms with van der Waals surface area (Å²) in [4.78, 5) is 26.2. The molecule has 0 bridgehead atoms. The van der Waals surface area contributed by atoms with Crippen LogP contribution < -0.4 is 5.32 Å². The average Bonchev–Trinajstić information content (AvgIpc) is 2.94. The van der Waals surface area contributed by atoms with Gasteiger partial charge in [0.2, 0.25) is 0 Å². The first-order chi connectivity index (χ1) is 13.0. The van der Waals surface area contributed by atoms with Crippen LogP contribution in [0.15, 0.2) is 53.4 Å². The smallest absolute Gasteiger partial charge is 0.337 e. The van der Waals surface area contributed by atoms with Gasteiger partial charge in [0.15, 0.2) is 0 Å². The van der Waals surface area contributed by atoms with Gasteiger partial charge in [0, 0.05) is 9.26 Å². The number of methoxy groups -OCH3 is 1. The Kier molecular flexibility index (Phi) is 6.51. The van der Waals surface area contributed by atoms with E-state index in [1.807, 2.05) is 30.3 Å². The third-order valence-electron chi connectivity index (χ3n) is 3.79. The summed E-state index contributed by atoms with van der Waals surface area (Å²) in [5, 5.41) is 3.15. The standard InChI is InChI=1S/C19H15IN2O3S2/c1-25-18(24)13-4-8-15(9-5-13)21-11-22-17(23)16(27-19(22)26)10-12-2-6-14(20)7-3-12/h2-10,21H,11H2,1H3. The SMILES string of the molecule is COC(=O)c1ccc(NCN2C(=O)C(=Cc3ccc(I)cc3)SC2=S)cc1. The van der Waals surface area contributed by atoms with Gasteiger partial charge < -0.3 is 10.1 Å². The minimum absolute atomic E-state index is 0.123. The molecular formula is C19H15IN2O3S2. The van der Waals surface area contributed by atoms with Gasteiger partial charge in [-0.05, 0) is 70.6 Å². The Hall–Kier alpha value is -1.91. The van der Waals surface area contributed by atoms with Gasteiger partial charge in [-0.3, -0.25) is 9.69 Å². The van der Waals surface area contributed by atoms with Crippen LogP contribution in [-0.2, 0) is 9.53 Å². The number of ether oxygens (including phenoxy) is 1. The molecule has 2 aromatic rings. The van der Waals surface area contributed by atoms with Crippen molar-refractivity contribution in [2.45, 2.75) is 0 Å². The van der Waals surface area contributed by atoms with E-state index in [4.69, 9.17) is 12.2 Å². The van der Waals surface area contributed by atoms with Gasteiger partial charge in [0.1, 0.15) is 4.32 Å². The Labute approximate surface area is 180 Å². The number of thioether (sulfide) groups is 1. The minimum atomic E-state index is -0.390. The number of thiocarbonyl (C=S) groups is 1. The Morgan fingerprint density at radius 2 is 1.89 bits per heavy atom. The van der Waals surface area contributed by atoms with E-state index in [-0.39, 0.29) is 18.5 Å². The summed E-state index contributed by atoms with van der Waals surface area (Å²) in [6, 6.07) is 14.8. The Morgan fingerprint density at radius 3 is 2.52 bits per heavy atom. The molecule has 8 heteroatoms. The third kappa shape index (κ3) is 4.88. The van der Waals surface area contributed by atoms with E-state index in [9.17, 15) is 9.59 Å². The van der Waals surface area contributed by atoms with E-state index in [0.717, 1.165) is 14.8 Å². The largest absolute Gasteiger partial charge is 0.465 e. The number of hydrogen-bond donors (Lipinski definition) is 1. The molecule has 0 aliphatic carbocycles. The zero-order chi connectivity index (χ0) is 19.4. The molecule has 3 rings (SSSR count). The maximum Gasteiger partial charge on any atom is 0.337 e. The van der Waals surface area contributed by atoms with E-state index < -0.39 is 0 Å². The highest BCUT2D eigenvalue weighted by atomic mass is 127. The second-order valence-electron chi connectivity index (χ2n) is 5.57. The maximum absolute atomic E-state index is 12.6. The monoisotopic (exact) mass is 510 g/mol. The van der Waals surface area contributed by atoms with E-state index >= 15 is 0 Å². The molecule has 1 amide bonds. The predicted octanol–water partition coefficient (Wildman–Crippen LogP) is 4.35. The van der Waals surface area contributed by atoms with Crippen LogP contribution in [0, 0.1) is 3.57 Å². The fraction of sp³-hybridized carbons (Fsp3) is 0.105. The van der Waals surface area contributed by atoms with Crippen molar-refractivity contribution in [3.05, 3.63) is 68.1 Å². The van der Waals surface area contributed by atoms with Crippen LogP contribution in [0.5, 0.6) is 0 Å². The number of halogens is 1. The van der Waals surface area contributed by atoms with Crippen molar-refractivity contribution in [3.8, 4) is 0 Å². The lowest BCUT2D eigenvalue weighted by atomic mass is 10.2. The fourth-order valence-corrected chi connectivity index (χ4v) is 3.97. The van der Waals surface area contributed by atoms with Crippen molar-refractivity contribution in [3.63, 3.8) is 0 Å². The summed E-state index contributed by atoms with van der Waals surface area (Å²) >= 11 is 8.87. The molecule has 1 heterocycles. The highest BCUT2D eigenvalue weighted by molar-refractivity contribution is 14.1. The summed E-state index contributed by atoms with van der Waals surface area (Å²) < 4.78 is 6.32. The van der Waals surface area contributed by atoms with Crippen molar-refractivity contribution in [1.29, 1.82) is 0 Å². The number of rotatable bonds is 5. The number of anilines is 1. The van der Waals surface area contributed by atoms with Gasteiger partial charge in [-0.1, -0.05) is 36.1 Å². The summed E-state index contributed by atoms with van der Waals surface area (Å²) in [6.45, 7) is 0.256. The van der Waals surface area contributed by atoms with Gasteiger partial charge >= 0.3 is 5.97 Å². The Morgan fingerprint density at radius 1 is 1.22 bits per heavy atom. The number of carbonyl (C=O) groups is 2. The molecule has 0 spiro atoms. The molecule has 138 valence electrons. The van der Waals surface area contributed by atoms with Gasteiger partial charge in [0.25, 0.3) is 5.91 Å². The number of hydrogen-bond acceptors (Lipinski definition) is 6. The molecule has 0 atom stereocenters. The first-order valence-corrected chi connectivity index (χ1v) is 10.2. The van der Waals surface area contributed by atoms with Crippen LogP contribution >= 0.6 is 46.6 Å². The summed E-state index contributed by atoms with van der Waals surface area (Å²) in [6.07, 6.45) is 1.85. The van der Waals surface area contributed by atoms with Crippen molar-refractivity contribution >= 4 is 74.5 Å². The number of nitrogens with one attached hydrogen (secondary N) is 1. The molecule has 0 unspecified atom stereocenters. The van der Waals surface area contributed by atoms with Crippen molar-refractivity contribution in [2.24, 2.45) is 0 Å². The fourth-order valence-electron chi connectivity index (χ4n) is 2.36. The number of benzene rings is 2. The number of nitrogens with zero attached hydrogens (tertiary/aromatic N) is 1. The molecule has 1 N–H and O–H groups in total. The lowest BCUT2D eigenvalue weighted by Crippen LogP contribution is -2.33. The first kappa shape index (κ1) is 19.8. The molecule has 1 saturated heterocycles. The normalized spacial score (nSPS) is 15.3. The predicted molar refractivity (Wildman–Crippen MR) is 120 cm³/mol. The zero-order valence-electron chi connectivity index (χ0n) is 14.3. The molecule has 2 aromatic carbocycles. The van der Waals surface area contributed by atoms with Gasteiger partial charge in [-0.15, -0.1) is 0 Å². The van der Waals surface area contributed by atoms with Crippen molar-refractivity contribution < 1.29 is 14.3 Å². The summed E-state index contributed by atoms with van der Waals surface area (Å²) in [5.74, 6) is -0.513. The van der Waals surface area contributed by atoms with Crippen LogP contribution in [-0.4, -0.2) is 34.9 Å². The van der Waals surface area contributed by atoms with Crippen LogP contribution in [0.2, 0.25) is 0 Å². The lowest BCUT2D eigenvalue weighted by Gasteiger charge is -2.16. The molecule has 5 nitrogen and oxygen atoms in total. The van der Waals surface area contributed by atoms with E-state index in [2.05, 4.69) is 32.6 Å². The van der Waals surface area contributed by atoms with Crippen LogP contribution in [0.3, 0.4) is 0 Å². The quantitative estimate of drug-likeness (QED) is 0.280. The first-order valence-electron chi connectivity index (χ1n) is 7.91. The lowest BCUT2D eigenvalue weighted by molar-refractivity contribution is -0.121. The minimum Gasteiger partial charge on any atom is -0.465 e. The Balaban J connectivity index is 1.65. The molecule has 0 aromatic heterocycles. The van der Waals surface area contributed by atoms with Gasteiger partial charge in [0.05, 0.1) is 24.2 Å². The molecule has 27 heavy (non-hydrogen) atoms. The topological polar surface area (TPSA) is 58.6 Å². The van der Waals surface area contributed by atoms with Crippen molar-refractivity contribution in [1.82, 2.24) is 4.90 Å². The van der Waals surface area contributed by atoms with Crippen LogP contribution in [0.4, 0.5) is 5.69 Å². The van der Waals surface area contributed by atoms with E-state index in [1.165, 1.54) is 23.8 Å². The van der Waals surface area contributed by atoms with Gasteiger partial charge in [-0.2, -0.15) is 0 Å². The van der Waals surface area contributed by atoms with E-state index in [0.29, 0.717) is 14.8 Å². The molecular weight excluding hydrogens is 495 g/mol. The van der Waals surface area contributed by atoms with Crippen LogP contribution in [0.1, 0.15) is 15.9 Å². The Bertz CT molecular complexity index is 912. The number of amides is 1. The third-order valence-corrected chi connectivity index (χ3v) is 5.89. The highest BCUT2D eigenvalue weighted by Gasteiger charge is 2.31. The molecule has 1 fully saturated rings. The number of carbonyl (C=O) groups excluding carboxylic acids is 2.